The average molecular weight is 777 g/mol. The first-order chi connectivity index (χ1) is 25.9. The monoisotopic (exact) mass is 776 g/mol. The molecule has 0 spiro atoms. The minimum Gasteiger partial charge on any atom is -0.508 e. The summed E-state index contributed by atoms with van der Waals surface area (Å²) in [5.74, 6) is -8.87. The molecule has 0 radical (unpaired) electrons. The lowest BCUT2D eigenvalue weighted by molar-refractivity contribution is -0.142. The van der Waals surface area contributed by atoms with Gasteiger partial charge in [-0.3, -0.25) is 38.4 Å². The zero-order valence-electron chi connectivity index (χ0n) is 30.8. The Kier molecular flexibility index (Phi) is 18.5. The standard InChI is InChI=1S/C35H52N8O12/c1-18(2)15-24(41-30(49)21-10-12-28(46)38-21)32(51)42-25(16-19-6-8-20(44)9-7-19)33(52)39-22(11-13-29(47)48)31(50)43-26(17-27(37)45)34(53)40-23(35(54)55)5-3-4-14-36/h6-9,18,21-26,44H,3-5,10-17,36H2,1-2H3,(H2,37,45)(H,38,46)(H,39,52)(H,40,53)(H,41,49)(H,42,51)(H,43,50)(H,47,48)(H,54,55)/t21-,22-,23-,24-,25-,26-/m0/s1. The number of phenolic OH excluding ortho intramolecular Hbond substituents is 1. The Balaban J connectivity index is 2.37. The van der Waals surface area contributed by atoms with E-state index >= 15 is 0 Å². The predicted molar refractivity (Wildman–Crippen MR) is 193 cm³/mol. The maximum atomic E-state index is 13.9. The summed E-state index contributed by atoms with van der Waals surface area (Å²) < 4.78 is 0. The van der Waals surface area contributed by atoms with E-state index in [2.05, 4.69) is 31.9 Å². The number of phenols is 1. The molecule has 20 heteroatoms. The number of carbonyl (C=O) groups is 9. The fourth-order valence-corrected chi connectivity index (χ4v) is 5.65. The number of hydrogen-bond donors (Lipinski definition) is 11. The van der Waals surface area contributed by atoms with E-state index < -0.39 is 103 Å². The highest BCUT2D eigenvalue weighted by molar-refractivity contribution is 5.98. The Morgan fingerprint density at radius 2 is 1.35 bits per heavy atom. The summed E-state index contributed by atoms with van der Waals surface area (Å²) in [6.07, 6.45) is -0.869. The van der Waals surface area contributed by atoms with Gasteiger partial charge in [-0.1, -0.05) is 26.0 Å². The average Bonchev–Trinajstić information content (AvgIpc) is 3.55. The first kappa shape index (κ1) is 45.4. The van der Waals surface area contributed by atoms with Gasteiger partial charge in [0.15, 0.2) is 0 Å². The van der Waals surface area contributed by atoms with Crippen molar-refractivity contribution in [3.8, 4) is 5.75 Å². The van der Waals surface area contributed by atoms with Crippen molar-refractivity contribution in [2.24, 2.45) is 17.4 Å². The molecule has 0 unspecified atom stereocenters. The molecular formula is C35H52N8O12. The van der Waals surface area contributed by atoms with Gasteiger partial charge < -0.3 is 58.7 Å². The Hall–Kier alpha value is -5.79. The second kappa shape index (κ2) is 22.4. The van der Waals surface area contributed by atoms with Crippen LogP contribution in [0.15, 0.2) is 24.3 Å². The van der Waals surface area contributed by atoms with Gasteiger partial charge in [-0.05, 0) is 68.7 Å². The van der Waals surface area contributed by atoms with Crippen LogP contribution in [0.1, 0.15) is 77.2 Å². The summed E-state index contributed by atoms with van der Waals surface area (Å²) in [4.78, 5) is 114. The maximum Gasteiger partial charge on any atom is 0.326 e. The van der Waals surface area contributed by atoms with Gasteiger partial charge in [-0.25, -0.2) is 4.79 Å². The van der Waals surface area contributed by atoms with Crippen molar-refractivity contribution in [3.05, 3.63) is 29.8 Å². The molecule has 1 heterocycles. The van der Waals surface area contributed by atoms with E-state index in [1.807, 2.05) is 0 Å². The number of nitrogens with one attached hydrogen (secondary N) is 6. The van der Waals surface area contributed by atoms with Crippen LogP contribution in [0.2, 0.25) is 0 Å². The molecule has 1 fully saturated rings. The van der Waals surface area contributed by atoms with E-state index in [9.17, 15) is 58.5 Å². The van der Waals surface area contributed by atoms with E-state index in [1.54, 1.807) is 13.8 Å². The molecule has 304 valence electrons. The number of carbonyl (C=O) groups excluding carboxylic acids is 7. The lowest BCUT2D eigenvalue weighted by Crippen LogP contribution is -2.60. The van der Waals surface area contributed by atoms with Gasteiger partial charge >= 0.3 is 11.9 Å². The van der Waals surface area contributed by atoms with Crippen LogP contribution < -0.4 is 43.4 Å². The summed E-state index contributed by atoms with van der Waals surface area (Å²) in [7, 11) is 0. The van der Waals surface area contributed by atoms with E-state index in [0.29, 0.717) is 18.4 Å². The van der Waals surface area contributed by atoms with E-state index in [-0.39, 0.29) is 56.2 Å². The molecule has 13 N–H and O–H groups in total. The quantitative estimate of drug-likeness (QED) is 0.0490. The van der Waals surface area contributed by atoms with Crippen LogP contribution in [-0.4, -0.2) is 111 Å². The van der Waals surface area contributed by atoms with E-state index in [1.165, 1.54) is 24.3 Å². The van der Waals surface area contributed by atoms with Gasteiger partial charge in [0.25, 0.3) is 0 Å². The number of carboxylic acid groups (broad SMARTS) is 2. The lowest BCUT2D eigenvalue weighted by Gasteiger charge is -2.27. The highest BCUT2D eigenvalue weighted by Crippen LogP contribution is 2.14. The summed E-state index contributed by atoms with van der Waals surface area (Å²) in [6.45, 7) is 3.87. The van der Waals surface area contributed by atoms with Crippen LogP contribution in [0.25, 0.3) is 0 Å². The van der Waals surface area contributed by atoms with Gasteiger partial charge in [0.05, 0.1) is 6.42 Å². The molecule has 1 aliphatic rings. The minimum absolute atomic E-state index is 0.0141. The largest absolute Gasteiger partial charge is 0.508 e. The van der Waals surface area contributed by atoms with Crippen molar-refractivity contribution in [1.29, 1.82) is 0 Å². The lowest BCUT2D eigenvalue weighted by atomic mass is 10.00. The number of nitrogens with two attached hydrogens (primary N) is 2. The molecule has 0 aliphatic carbocycles. The van der Waals surface area contributed by atoms with Crippen molar-refractivity contribution in [3.63, 3.8) is 0 Å². The SMILES string of the molecule is CC(C)C[C@H](NC(=O)[C@@H]1CCC(=O)N1)C(=O)N[C@@H](Cc1ccc(O)cc1)C(=O)N[C@@H](CCC(=O)O)C(=O)N[C@@H](CC(N)=O)C(=O)N[C@@H](CCCCN)C(=O)O. The smallest absolute Gasteiger partial charge is 0.326 e. The summed E-state index contributed by atoms with van der Waals surface area (Å²) >= 11 is 0. The molecular weight excluding hydrogens is 724 g/mol. The Morgan fingerprint density at radius 3 is 1.89 bits per heavy atom. The molecule has 0 bridgehead atoms. The molecule has 7 amide bonds. The number of unbranched alkanes of at least 4 members (excludes halogenated alkanes) is 1. The fraction of sp³-hybridized carbons (Fsp3) is 0.571. The third-order valence-electron chi connectivity index (χ3n) is 8.54. The van der Waals surface area contributed by atoms with Crippen LogP contribution in [-0.2, 0) is 49.6 Å². The molecule has 6 atom stereocenters. The highest BCUT2D eigenvalue weighted by atomic mass is 16.4. The predicted octanol–water partition coefficient (Wildman–Crippen LogP) is -2.36. The van der Waals surface area contributed by atoms with E-state index in [0.717, 1.165) is 0 Å². The first-order valence-corrected chi connectivity index (χ1v) is 17.9. The molecule has 2 rings (SSSR count). The molecule has 1 aromatic carbocycles. The van der Waals surface area contributed by atoms with Crippen LogP contribution >= 0.6 is 0 Å². The van der Waals surface area contributed by atoms with Crippen LogP contribution in [0, 0.1) is 5.92 Å². The van der Waals surface area contributed by atoms with Gasteiger partial charge in [0.1, 0.15) is 42.0 Å². The van der Waals surface area contributed by atoms with Crippen LogP contribution in [0.4, 0.5) is 0 Å². The van der Waals surface area contributed by atoms with Crippen LogP contribution in [0.3, 0.4) is 0 Å². The van der Waals surface area contributed by atoms with Crippen molar-refractivity contribution in [2.75, 3.05) is 6.54 Å². The molecule has 0 saturated carbocycles. The van der Waals surface area contributed by atoms with Crippen molar-refractivity contribution < 1.29 is 58.5 Å². The number of primary amides is 1. The zero-order chi connectivity index (χ0) is 41.2. The van der Waals surface area contributed by atoms with Crippen molar-refractivity contribution >= 4 is 53.3 Å². The molecule has 20 nitrogen and oxygen atoms in total. The van der Waals surface area contributed by atoms with Crippen molar-refractivity contribution in [1.82, 2.24) is 31.9 Å². The second-order valence-electron chi connectivity index (χ2n) is 13.7. The Morgan fingerprint density at radius 1 is 0.782 bits per heavy atom. The number of aliphatic carboxylic acids is 2. The fourth-order valence-electron chi connectivity index (χ4n) is 5.65. The maximum absolute atomic E-state index is 13.9. The second-order valence-corrected chi connectivity index (χ2v) is 13.7. The summed E-state index contributed by atoms with van der Waals surface area (Å²) in [5.41, 5.74) is 11.2. The molecule has 1 aliphatic heterocycles. The van der Waals surface area contributed by atoms with Crippen molar-refractivity contribution in [2.45, 2.75) is 114 Å². The Labute approximate surface area is 317 Å². The third-order valence-corrected chi connectivity index (χ3v) is 8.54. The number of carboxylic acids is 2. The van der Waals surface area contributed by atoms with E-state index in [4.69, 9.17) is 11.5 Å². The molecule has 1 aromatic rings. The van der Waals surface area contributed by atoms with Gasteiger partial charge in [0, 0.05) is 19.3 Å². The van der Waals surface area contributed by atoms with Gasteiger partial charge in [-0.15, -0.1) is 0 Å². The third kappa shape index (κ3) is 16.4. The number of hydrogen-bond acceptors (Lipinski definition) is 11. The molecule has 0 aromatic heterocycles. The number of aromatic hydroxyl groups is 1. The number of benzene rings is 1. The molecule has 1 saturated heterocycles. The zero-order valence-corrected chi connectivity index (χ0v) is 30.8. The summed E-state index contributed by atoms with van der Waals surface area (Å²) in [6, 6.07) is -2.64. The van der Waals surface area contributed by atoms with Gasteiger partial charge in [-0.2, -0.15) is 0 Å². The summed E-state index contributed by atoms with van der Waals surface area (Å²) in [5, 5.41) is 43.4. The van der Waals surface area contributed by atoms with Crippen LogP contribution in [0.5, 0.6) is 5.75 Å². The minimum atomic E-state index is -1.72. The normalized spacial score (nSPS) is 16.4. The molecule has 55 heavy (non-hydrogen) atoms. The highest BCUT2D eigenvalue weighted by Gasteiger charge is 2.35. The topological polar surface area (TPSA) is 339 Å². The number of amides is 7. The van der Waals surface area contributed by atoms with Gasteiger partial charge in [0.2, 0.25) is 41.4 Å². The number of rotatable bonds is 24. The Bertz CT molecular complexity index is 1550. The first-order valence-electron chi connectivity index (χ1n) is 17.9.